The molecule has 1 atom stereocenters. The third kappa shape index (κ3) is 2.97. The fourth-order valence-electron chi connectivity index (χ4n) is 3.05. The number of nitrogens with zero attached hydrogens (tertiary/aromatic N) is 1. The molecule has 3 heteroatoms. The summed E-state index contributed by atoms with van der Waals surface area (Å²) in [6.07, 6.45) is 8.79. The van der Waals surface area contributed by atoms with Gasteiger partial charge in [0.25, 0.3) is 0 Å². The van der Waals surface area contributed by atoms with Crippen molar-refractivity contribution >= 4 is 5.91 Å². The van der Waals surface area contributed by atoms with Crippen LogP contribution in [0.2, 0.25) is 0 Å². The van der Waals surface area contributed by atoms with E-state index >= 15 is 0 Å². The summed E-state index contributed by atoms with van der Waals surface area (Å²) in [7, 11) is 0. The number of likely N-dealkylation sites (tertiary alicyclic amines) is 1. The Morgan fingerprint density at radius 3 is 2.38 bits per heavy atom. The van der Waals surface area contributed by atoms with Crippen molar-refractivity contribution in [3.8, 4) is 0 Å². The van der Waals surface area contributed by atoms with E-state index in [-0.39, 0.29) is 0 Å². The van der Waals surface area contributed by atoms with Gasteiger partial charge in [0, 0.05) is 19.5 Å². The van der Waals surface area contributed by atoms with E-state index in [1.165, 1.54) is 38.5 Å². The summed E-state index contributed by atoms with van der Waals surface area (Å²) >= 11 is 0. The van der Waals surface area contributed by atoms with Gasteiger partial charge in [-0.15, -0.1) is 0 Å². The zero-order valence-electron chi connectivity index (χ0n) is 10.2. The number of amides is 1. The van der Waals surface area contributed by atoms with Gasteiger partial charge in [-0.2, -0.15) is 0 Å². The highest BCUT2D eigenvalue weighted by Gasteiger charge is 2.30. The summed E-state index contributed by atoms with van der Waals surface area (Å²) < 4.78 is 0. The van der Waals surface area contributed by atoms with Crippen molar-refractivity contribution in [2.75, 3.05) is 19.6 Å². The largest absolute Gasteiger partial charge is 0.342 e. The molecular formula is C13H24N2O. The Bertz CT molecular complexity index is 234. The van der Waals surface area contributed by atoms with Crippen LogP contribution in [0.5, 0.6) is 0 Å². The Morgan fingerprint density at radius 1 is 1.12 bits per heavy atom. The summed E-state index contributed by atoms with van der Waals surface area (Å²) in [6, 6.07) is 0. The zero-order chi connectivity index (χ0) is 11.4. The van der Waals surface area contributed by atoms with Crippen molar-refractivity contribution in [2.45, 2.75) is 44.9 Å². The van der Waals surface area contributed by atoms with Crippen molar-refractivity contribution < 1.29 is 4.79 Å². The normalized spacial score (nSPS) is 28.4. The van der Waals surface area contributed by atoms with Gasteiger partial charge >= 0.3 is 0 Å². The number of hydrogen-bond donors (Lipinski definition) is 1. The first kappa shape index (κ1) is 11.9. The van der Waals surface area contributed by atoms with Gasteiger partial charge in [-0.3, -0.25) is 4.79 Å². The fraction of sp³-hybridized carbons (Fsp3) is 0.923. The molecule has 2 fully saturated rings. The van der Waals surface area contributed by atoms with Crippen molar-refractivity contribution in [3.05, 3.63) is 0 Å². The van der Waals surface area contributed by atoms with Gasteiger partial charge in [0.2, 0.25) is 5.91 Å². The second kappa shape index (κ2) is 5.67. The molecule has 1 amide bonds. The number of hydrogen-bond acceptors (Lipinski definition) is 2. The number of carbonyl (C=O) groups is 1. The highest BCUT2D eigenvalue weighted by molar-refractivity contribution is 5.78. The minimum absolute atomic E-state index is 0.333. The molecule has 0 bridgehead atoms. The van der Waals surface area contributed by atoms with Crippen LogP contribution in [0.1, 0.15) is 44.9 Å². The highest BCUT2D eigenvalue weighted by Crippen LogP contribution is 2.26. The molecule has 1 saturated heterocycles. The molecule has 2 rings (SSSR count). The fourth-order valence-corrected chi connectivity index (χ4v) is 3.05. The molecule has 1 unspecified atom stereocenters. The van der Waals surface area contributed by atoms with Crippen LogP contribution in [0.25, 0.3) is 0 Å². The molecule has 0 aromatic carbocycles. The molecule has 0 spiro atoms. The van der Waals surface area contributed by atoms with Crippen molar-refractivity contribution in [1.82, 2.24) is 4.90 Å². The molecule has 16 heavy (non-hydrogen) atoms. The van der Waals surface area contributed by atoms with Gasteiger partial charge < -0.3 is 10.6 Å². The minimum atomic E-state index is 0.333. The van der Waals surface area contributed by atoms with Crippen LogP contribution < -0.4 is 5.73 Å². The lowest BCUT2D eigenvalue weighted by Crippen LogP contribution is -2.31. The van der Waals surface area contributed by atoms with Crippen LogP contribution in [0.4, 0.5) is 0 Å². The van der Waals surface area contributed by atoms with Crippen molar-refractivity contribution in [2.24, 2.45) is 17.6 Å². The van der Waals surface area contributed by atoms with Crippen molar-refractivity contribution in [1.29, 1.82) is 0 Å². The molecule has 0 aromatic rings. The van der Waals surface area contributed by atoms with E-state index in [4.69, 9.17) is 5.73 Å². The molecule has 2 N–H and O–H groups in total. The molecule has 1 aliphatic heterocycles. The minimum Gasteiger partial charge on any atom is -0.342 e. The average Bonchev–Trinajstić information content (AvgIpc) is 2.51. The summed E-state index contributed by atoms with van der Waals surface area (Å²) in [4.78, 5) is 13.8. The summed E-state index contributed by atoms with van der Waals surface area (Å²) in [5, 5.41) is 0. The third-order valence-corrected chi connectivity index (χ3v) is 4.08. The Hall–Kier alpha value is -0.570. The molecule has 0 radical (unpaired) electrons. The quantitative estimate of drug-likeness (QED) is 0.743. The van der Waals surface area contributed by atoms with E-state index in [1.54, 1.807) is 0 Å². The van der Waals surface area contributed by atoms with E-state index in [0.717, 1.165) is 19.0 Å². The van der Waals surface area contributed by atoms with Crippen LogP contribution in [0.3, 0.4) is 0 Å². The first-order valence-electron chi connectivity index (χ1n) is 6.77. The predicted octanol–water partition coefficient (Wildman–Crippen LogP) is 1.76. The van der Waals surface area contributed by atoms with Crippen LogP contribution in [0, 0.1) is 11.8 Å². The second-order valence-corrected chi connectivity index (χ2v) is 5.46. The lowest BCUT2D eigenvalue weighted by atomic mass is 10.00. The molecule has 3 nitrogen and oxygen atoms in total. The maximum Gasteiger partial charge on any atom is 0.222 e. The highest BCUT2D eigenvalue weighted by atomic mass is 16.2. The predicted molar refractivity (Wildman–Crippen MR) is 64.9 cm³/mol. The molecule has 92 valence electrons. The van der Waals surface area contributed by atoms with E-state index in [9.17, 15) is 4.79 Å². The molecule has 1 heterocycles. The van der Waals surface area contributed by atoms with Crippen LogP contribution in [0.15, 0.2) is 0 Å². The topological polar surface area (TPSA) is 46.3 Å². The Balaban J connectivity index is 1.81. The summed E-state index contributed by atoms with van der Waals surface area (Å²) in [6.45, 7) is 2.56. The standard InChI is InChI=1S/C13H24N2O/c14-8-12-7-13(16)15(10-12)9-11-5-3-1-2-4-6-11/h11-12H,1-10,14H2. The van der Waals surface area contributed by atoms with Gasteiger partial charge in [0.05, 0.1) is 0 Å². The average molecular weight is 224 g/mol. The molecular weight excluding hydrogens is 200 g/mol. The van der Waals surface area contributed by atoms with Gasteiger partial charge in [-0.05, 0) is 31.2 Å². The number of carbonyl (C=O) groups excluding carboxylic acids is 1. The number of rotatable bonds is 3. The summed E-state index contributed by atoms with van der Waals surface area (Å²) in [5.74, 6) is 1.50. The summed E-state index contributed by atoms with van der Waals surface area (Å²) in [5.41, 5.74) is 5.64. The molecule has 1 saturated carbocycles. The first-order chi connectivity index (χ1) is 7.79. The van der Waals surface area contributed by atoms with Crippen LogP contribution in [-0.2, 0) is 4.79 Å². The lowest BCUT2D eigenvalue weighted by molar-refractivity contribution is -0.128. The van der Waals surface area contributed by atoms with Gasteiger partial charge in [0.15, 0.2) is 0 Å². The lowest BCUT2D eigenvalue weighted by Gasteiger charge is -2.23. The van der Waals surface area contributed by atoms with Gasteiger partial charge in [-0.1, -0.05) is 25.7 Å². The van der Waals surface area contributed by atoms with Crippen LogP contribution >= 0.6 is 0 Å². The monoisotopic (exact) mass is 224 g/mol. The second-order valence-electron chi connectivity index (χ2n) is 5.46. The molecule has 1 aliphatic carbocycles. The van der Waals surface area contributed by atoms with E-state index < -0.39 is 0 Å². The van der Waals surface area contributed by atoms with E-state index in [0.29, 0.717) is 24.8 Å². The van der Waals surface area contributed by atoms with Crippen molar-refractivity contribution in [3.63, 3.8) is 0 Å². The SMILES string of the molecule is NCC1CC(=O)N(CC2CCCCCC2)C1. The Kier molecular flexibility index (Phi) is 4.22. The first-order valence-corrected chi connectivity index (χ1v) is 6.77. The van der Waals surface area contributed by atoms with E-state index in [1.807, 2.05) is 0 Å². The molecule has 0 aromatic heterocycles. The van der Waals surface area contributed by atoms with Gasteiger partial charge in [0.1, 0.15) is 0 Å². The zero-order valence-corrected chi connectivity index (χ0v) is 10.2. The third-order valence-electron chi connectivity index (χ3n) is 4.08. The van der Waals surface area contributed by atoms with E-state index in [2.05, 4.69) is 4.90 Å². The maximum atomic E-state index is 11.8. The number of nitrogens with two attached hydrogens (primary N) is 1. The smallest absolute Gasteiger partial charge is 0.222 e. The molecule has 2 aliphatic rings. The van der Waals surface area contributed by atoms with Gasteiger partial charge in [-0.25, -0.2) is 0 Å². The van der Waals surface area contributed by atoms with Crippen LogP contribution in [-0.4, -0.2) is 30.4 Å². The maximum absolute atomic E-state index is 11.8. The Labute approximate surface area is 98.4 Å². The Morgan fingerprint density at radius 2 is 1.81 bits per heavy atom.